The molecule has 0 saturated carbocycles. The molecule has 2 amide bonds. The highest BCUT2D eigenvalue weighted by molar-refractivity contribution is 6.00. The van der Waals surface area contributed by atoms with Crippen LogP contribution in [-0.4, -0.2) is 6.03 Å². The number of amides is 2. The van der Waals surface area contributed by atoms with Crippen LogP contribution in [0, 0.1) is 20.8 Å². The van der Waals surface area contributed by atoms with Crippen LogP contribution < -0.4 is 10.6 Å². The van der Waals surface area contributed by atoms with Crippen molar-refractivity contribution in [2.24, 2.45) is 0 Å². The van der Waals surface area contributed by atoms with Crippen LogP contribution >= 0.6 is 0 Å². The third-order valence-corrected chi connectivity index (χ3v) is 3.03. The van der Waals surface area contributed by atoms with Crippen molar-refractivity contribution in [2.45, 2.75) is 20.8 Å². The lowest BCUT2D eigenvalue weighted by atomic mass is 10.1. The molecular weight excluding hydrogens is 236 g/mol. The molecule has 0 spiro atoms. The Bertz CT molecular complexity index is 568. The summed E-state index contributed by atoms with van der Waals surface area (Å²) in [7, 11) is 0. The van der Waals surface area contributed by atoms with Gasteiger partial charge < -0.3 is 10.6 Å². The maximum absolute atomic E-state index is 11.9. The number of benzene rings is 2. The number of para-hydroxylation sites is 1. The van der Waals surface area contributed by atoms with Gasteiger partial charge in [0.2, 0.25) is 0 Å². The number of carbonyl (C=O) groups excluding carboxylic acids is 1. The van der Waals surface area contributed by atoms with Gasteiger partial charge in [-0.25, -0.2) is 4.79 Å². The fourth-order valence-electron chi connectivity index (χ4n) is 1.92. The Labute approximate surface area is 113 Å². The predicted molar refractivity (Wildman–Crippen MR) is 79.7 cm³/mol. The van der Waals surface area contributed by atoms with Gasteiger partial charge in [0.05, 0.1) is 0 Å². The molecule has 3 heteroatoms. The second-order valence-corrected chi connectivity index (χ2v) is 4.71. The minimum absolute atomic E-state index is 0.221. The van der Waals surface area contributed by atoms with Crippen molar-refractivity contribution < 1.29 is 4.79 Å². The summed E-state index contributed by atoms with van der Waals surface area (Å²) in [6.45, 7) is 5.98. The van der Waals surface area contributed by atoms with Crippen LogP contribution in [0.4, 0.5) is 16.2 Å². The summed E-state index contributed by atoms with van der Waals surface area (Å²) >= 11 is 0. The molecule has 19 heavy (non-hydrogen) atoms. The molecule has 2 aromatic carbocycles. The minimum Gasteiger partial charge on any atom is -0.308 e. The van der Waals surface area contributed by atoms with E-state index in [1.54, 1.807) is 0 Å². The van der Waals surface area contributed by atoms with E-state index in [9.17, 15) is 4.79 Å². The van der Waals surface area contributed by atoms with Gasteiger partial charge in [-0.2, -0.15) is 0 Å². The molecule has 98 valence electrons. The predicted octanol–water partition coefficient (Wildman–Crippen LogP) is 4.26. The first-order chi connectivity index (χ1) is 9.06. The number of nitrogens with one attached hydrogen (secondary N) is 2. The van der Waals surface area contributed by atoms with Crippen LogP contribution in [0.1, 0.15) is 16.7 Å². The van der Waals surface area contributed by atoms with E-state index < -0.39 is 0 Å². The number of hydrogen-bond donors (Lipinski definition) is 2. The van der Waals surface area contributed by atoms with E-state index in [1.165, 1.54) is 5.56 Å². The summed E-state index contributed by atoms with van der Waals surface area (Å²) in [5.41, 5.74) is 4.93. The van der Waals surface area contributed by atoms with Crippen LogP contribution in [0.5, 0.6) is 0 Å². The number of anilines is 2. The largest absolute Gasteiger partial charge is 0.323 e. The van der Waals surface area contributed by atoms with Crippen LogP contribution in [-0.2, 0) is 0 Å². The normalized spacial score (nSPS) is 10.1. The standard InChI is InChI=1S/C16H18N2O/c1-11-7-9-14(10-8-11)17-16(19)18-15-12(2)5-4-6-13(15)3/h4-10H,1-3H3,(H2,17,18,19). The number of hydrogen-bond acceptors (Lipinski definition) is 1. The topological polar surface area (TPSA) is 41.1 Å². The molecular formula is C16H18N2O. The lowest BCUT2D eigenvalue weighted by molar-refractivity contribution is 0.262. The Kier molecular flexibility index (Phi) is 3.85. The van der Waals surface area contributed by atoms with E-state index in [-0.39, 0.29) is 6.03 Å². The number of rotatable bonds is 2. The lowest BCUT2D eigenvalue weighted by Crippen LogP contribution is -2.20. The summed E-state index contributed by atoms with van der Waals surface area (Å²) in [6.07, 6.45) is 0. The average molecular weight is 254 g/mol. The van der Waals surface area contributed by atoms with E-state index in [1.807, 2.05) is 63.2 Å². The molecule has 2 aromatic rings. The first kappa shape index (κ1) is 13.1. The van der Waals surface area contributed by atoms with Crippen molar-refractivity contribution in [1.82, 2.24) is 0 Å². The van der Waals surface area contributed by atoms with E-state index >= 15 is 0 Å². The zero-order chi connectivity index (χ0) is 13.8. The smallest absolute Gasteiger partial charge is 0.308 e. The monoisotopic (exact) mass is 254 g/mol. The van der Waals surface area contributed by atoms with E-state index in [0.717, 1.165) is 22.5 Å². The van der Waals surface area contributed by atoms with Crippen LogP contribution in [0.2, 0.25) is 0 Å². The first-order valence-corrected chi connectivity index (χ1v) is 6.27. The fourth-order valence-corrected chi connectivity index (χ4v) is 1.92. The maximum Gasteiger partial charge on any atom is 0.323 e. The summed E-state index contributed by atoms with van der Waals surface area (Å²) in [5.74, 6) is 0. The van der Waals surface area contributed by atoms with Crippen molar-refractivity contribution in [1.29, 1.82) is 0 Å². The Morgan fingerprint density at radius 3 is 2.00 bits per heavy atom. The molecule has 2 rings (SSSR count). The maximum atomic E-state index is 11.9. The molecule has 0 bridgehead atoms. The molecule has 0 aliphatic heterocycles. The molecule has 2 N–H and O–H groups in total. The highest BCUT2D eigenvalue weighted by Crippen LogP contribution is 2.19. The summed E-state index contributed by atoms with van der Waals surface area (Å²) in [6, 6.07) is 13.4. The number of aryl methyl sites for hydroxylation is 3. The van der Waals surface area contributed by atoms with Gasteiger partial charge in [-0.05, 0) is 44.0 Å². The van der Waals surface area contributed by atoms with Gasteiger partial charge in [-0.3, -0.25) is 0 Å². The van der Waals surface area contributed by atoms with E-state index in [2.05, 4.69) is 10.6 Å². The number of carbonyl (C=O) groups is 1. The van der Waals surface area contributed by atoms with Gasteiger partial charge in [-0.1, -0.05) is 35.9 Å². The molecule has 0 aliphatic rings. The minimum atomic E-state index is -0.221. The SMILES string of the molecule is Cc1ccc(NC(=O)Nc2c(C)cccc2C)cc1. The molecule has 0 aromatic heterocycles. The van der Waals surface area contributed by atoms with Crippen molar-refractivity contribution in [3.05, 3.63) is 59.2 Å². The van der Waals surface area contributed by atoms with E-state index in [4.69, 9.17) is 0 Å². The fraction of sp³-hybridized carbons (Fsp3) is 0.188. The van der Waals surface area contributed by atoms with Crippen molar-refractivity contribution in [3.8, 4) is 0 Å². The van der Waals surface area contributed by atoms with Crippen LogP contribution in [0.15, 0.2) is 42.5 Å². The van der Waals surface area contributed by atoms with Crippen molar-refractivity contribution in [2.75, 3.05) is 10.6 Å². The number of urea groups is 1. The van der Waals surface area contributed by atoms with Gasteiger partial charge >= 0.3 is 6.03 Å². The van der Waals surface area contributed by atoms with Crippen LogP contribution in [0.3, 0.4) is 0 Å². The molecule has 0 fully saturated rings. The molecule has 0 atom stereocenters. The molecule has 3 nitrogen and oxygen atoms in total. The van der Waals surface area contributed by atoms with Gasteiger partial charge in [0, 0.05) is 11.4 Å². The van der Waals surface area contributed by atoms with E-state index in [0.29, 0.717) is 0 Å². The Hall–Kier alpha value is -2.29. The van der Waals surface area contributed by atoms with Crippen LogP contribution in [0.25, 0.3) is 0 Å². The zero-order valence-corrected chi connectivity index (χ0v) is 11.4. The Balaban J connectivity index is 2.07. The Morgan fingerprint density at radius 2 is 1.42 bits per heavy atom. The molecule has 0 saturated heterocycles. The molecule has 0 unspecified atom stereocenters. The third-order valence-electron chi connectivity index (χ3n) is 3.03. The summed E-state index contributed by atoms with van der Waals surface area (Å²) in [4.78, 5) is 11.9. The first-order valence-electron chi connectivity index (χ1n) is 6.27. The second kappa shape index (κ2) is 5.57. The van der Waals surface area contributed by atoms with Gasteiger partial charge in [0.25, 0.3) is 0 Å². The highest BCUT2D eigenvalue weighted by atomic mass is 16.2. The quantitative estimate of drug-likeness (QED) is 0.826. The van der Waals surface area contributed by atoms with Gasteiger partial charge in [0.1, 0.15) is 0 Å². The van der Waals surface area contributed by atoms with Crippen molar-refractivity contribution in [3.63, 3.8) is 0 Å². The highest BCUT2D eigenvalue weighted by Gasteiger charge is 2.06. The third kappa shape index (κ3) is 3.35. The average Bonchev–Trinajstić information content (AvgIpc) is 2.37. The molecule has 0 aliphatic carbocycles. The van der Waals surface area contributed by atoms with Gasteiger partial charge in [0.15, 0.2) is 0 Å². The Morgan fingerprint density at radius 1 is 0.842 bits per heavy atom. The summed E-state index contributed by atoms with van der Waals surface area (Å²) < 4.78 is 0. The molecule has 0 heterocycles. The zero-order valence-electron chi connectivity index (χ0n) is 11.4. The lowest BCUT2D eigenvalue weighted by Gasteiger charge is -2.12. The summed E-state index contributed by atoms with van der Waals surface area (Å²) in [5, 5.41) is 5.71. The second-order valence-electron chi connectivity index (χ2n) is 4.71. The van der Waals surface area contributed by atoms with Gasteiger partial charge in [-0.15, -0.1) is 0 Å². The molecule has 0 radical (unpaired) electrons. The van der Waals surface area contributed by atoms with Crippen molar-refractivity contribution >= 4 is 17.4 Å².